The highest BCUT2D eigenvalue weighted by molar-refractivity contribution is 7.98. The zero-order valence-electron chi connectivity index (χ0n) is 12.5. The van der Waals surface area contributed by atoms with Gasteiger partial charge in [-0.3, -0.25) is 10.00 Å². The molecule has 1 aliphatic heterocycles. The van der Waals surface area contributed by atoms with Gasteiger partial charge >= 0.3 is 6.03 Å². The molecule has 0 spiro atoms. The Morgan fingerprint density at radius 3 is 3.05 bits per heavy atom. The van der Waals surface area contributed by atoms with E-state index >= 15 is 0 Å². The number of likely N-dealkylation sites (tertiary alicyclic amines) is 1. The highest BCUT2D eigenvalue weighted by atomic mass is 32.2. The summed E-state index contributed by atoms with van der Waals surface area (Å²) in [4.78, 5) is 18.7. The lowest BCUT2D eigenvalue weighted by Gasteiger charge is -2.35. The van der Waals surface area contributed by atoms with Crippen LogP contribution in [0.5, 0.6) is 0 Å². The van der Waals surface area contributed by atoms with Crippen LogP contribution in [-0.2, 0) is 7.05 Å². The van der Waals surface area contributed by atoms with Crippen molar-refractivity contribution in [1.29, 1.82) is 0 Å². The number of carbonyl (C=O) groups excluding carboxylic acids is 1. The van der Waals surface area contributed by atoms with Gasteiger partial charge in [-0.15, -0.1) is 0 Å². The molecule has 0 aromatic carbocycles. The van der Waals surface area contributed by atoms with Crippen LogP contribution in [0.3, 0.4) is 0 Å². The van der Waals surface area contributed by atoms with Crippen LogP contribution in [0.25, 0.3) is 0 Å². The van der Waals surface area contributed by atoms with Crippen molar-refractivity contribution in [2.75, 3.05) is 18.1 Å². The number of carbonyl (C=O) groups is 1. The Balaban J connectivity index is 1.75. The van der Waals surface area contributed by atoms with E-state index in [9.17, 15) is 4.79 Å². The first-order valence-corrected chi connectivity index (χ1v) is 9.12. The Hall–Kier alpha value is -1.61. The molecule has 3 heterocycles. The molecule has 1 saturated heterocycles. The predicted octanol–water partition coefficient (Wildman–Crippen LogP) is 2.75. The number of aromatic nitrogens is 4. The number of nitrogens with zero attached hydrogens (tertiary/aromatic N) is 5. The summed E-state index contributed by atoms with van der Waals surface area (Å²) in [5.41, 5.74) is 1.07. The topological polar surface area (TPSA) is 75.9 Å². The van der Waals surface area contributed by atoms with Crippen molar-refractivity contribution >= 4 is 34.5 Å². The maximum atomic E-state index is 12.6. The lowest BCUT2D eigenvalue weighted by Crippen LogP contribution is -2.41. The first-order chi connectivity index (χ1) is 10.7. The third kappa shape index (κ3) is 3.09. The van der Waals surface area contributed by atoms with Gasteiger partial charge < -0.3 is 4.90 Å². The molecule has 0 unspecified atom stereocenters. The van der Waals surface area contributed by atoms with Crippen LogP contribution >= 0.6 is 23.3 Å². The molecule has 9 heteroatoms. The second kappa shape index (κ2) is 6.66. The highest BCUT2D eigenvalue weighted by Gasteiger charge is 2.30. The molecule has 2 aromatic rings. The number of hydrogen-bond donors (Lipinski definition) is 1. The fraction of sp³-hybridized carbons (Fsp3) is 0.538. The van der Waals surface area contributed by atoms with E-state index in [0.29, 0.717) is 10.3 Å². The smallest absolute Gasteiger partial charge is 0.316 e. The van der Waals surface area contributed by atoms with Crippen molar-refractivity contribution in [2.45, 2.75) is 30.5 Å². The molecule has 0 radical (unpaired) electrons. The maximum Gasteiger partial charge on any atom is 0.324 e. The van der Waals surface area contributed by atoms with Crippen LogP contribution in [0.1, 0.15) is 31.0 Å². The van der Waals surface area contributed by atoms with Gasteiger partial charge in [-0.1, -0.05) is 11.8 Å². The van der Waals surface area contributed by atoms with E-state index in [0.717, 1.165) is 31.5 Å². The molecule has 7 nitrogen and oxygen atoms in total. The van der Waals surface area contributed by atoms with Crippen LogP contribution in [0.4, 0.5) is 9.93 Å². The number of hydrogen-bond acceptors (Lipinski definition) is 6. The highest BCUT2D eigenvalue weighted by Crippen LogP contribution is 2.31. The molecule has 0 saturated carbocycles. The molecule has 1 N–H and O–H groups in total. The standard InChI is InChI=1S/C13H18N6OS2/c1-18-9(6-7-14-18)10-5-3-4-8-19(10)13(20)16-11-15-12(21-2)17-22-11/h6-7,10H,3-5,8H2,1-2H3,(H,15,16,17,20)/t10-/m1/s1. The Morgan fingerprint density at radius 2 is 2.36 bits per heavy atom. The number of rotatable bonds is 3. The van der Waals surface area contributed by atoms with E-state index in [1.807, 2.05) is 29.0 Å². The van der Waals surface area contributed by atoms with Crippen molar-refractivity contribution < 1.29 is 4.79 Å². The third-order valence-electron chi connectivity index (χ3n) is 3.77. The zero-order valence-corrected chi connectivity index (χ0v) is 14.2. The summed E-state index contributed by atoms with van der Waals surface area (Å²) in [7, 11) is 1.91. The third-order valence-corrected chi connectivity index (χ3v) is 5.06. The normalized spacial score (nSPS) is 18.5. The summed E-state index contributed by atoms with van der Waals surface area (Å²) in [5, 5.41) is 8.31. The number of anilines is 1. The first-order valence-electron chi connectivity index (χ1n) is 7.12. The van der Waals surface area contributed by atoms with Crippen LogP contribution in [-0.4, -0.2) is 42.9 Å². The van der Waals surface area contributed by atoms with Crippen LogP contribution in [0, 0.1) is 0 Å². The number of aryl methyl sites for hydroxylation is 1. The molecular weight excluding hydrogens is 320 g/mol. The van der Waals surface area contributed by atoms with E-state index in [1.165, 1.54) is 23.3 Å². The minimum atomic E-state index is -0.116. The largest absolute Gasteiger partial charge is 0.324 e. The van der Waals surface area contributed by atoms with Gasteiger partial charge in [0, 0.05) is 31.3 Å². The number of urea groups is 1. The molecule has 3 rings (SSSR count). The first kappa shape index (κ1) is 15.3. The van der Waals surface area contributed by atoms with Gasteiger partial charge in [0.2, 0.25) is 10.3 Å². The molecule has 0 aliphatic carbocycles. The Bertz CT molecular complexity index is 655. The Kier molecular flexibility index (Phi) is 4.63. The number of amides is 2. The second-order valence-electron chi connectivity index (χ2n) is 5.10. The van der Waals surface area contributed by atoms with Crippen LogP contribution in [0.15, 0.2) is 17.4 Å². The molecule has 118 valence electrons. The summed E-state index contributed by atoms with van der Waals surface area (Å²) in [6.45, 7) is 0.746. The van der Waals surface area contributed by atoms with Crippen molar-refractivity contribution in [3.63, 3.8) is 0 Å². The summed E-state index contributed by atoms with van der Waals surface area (Å²) in [5.74, 6) is 0. The van der Waals surface area contributed by atoms with Crippen molar-refractivity contribution in [2.24, 2.45) is 7.05 Å². The monoisotopic (exact) mass is 338 g/mol. The average Bonchev–Trinajstić information content (AvgIpc) is 3.16. The van der Waals surface area contributed by atoms with Gasteiger partial charge in [0.1, 0.15) is 0 Å². The minimum absolute atomic E-state index is 0.0641. The average molecular weight is 338 g/mol. The Labute approximate surface area is 137 Å². The molecule has 2 aromatic heterocycles. The minimum Gasteiger partial charge on any atom is -0.316 e. The molecule has 0 bridgehead atoms. The number of piperidine rings is 1. The van der Waals surface area contributed by atoms with Crippen LogP contribution < -0.4 is 5.32 Å². The van der Waals surface area contributed by atoms with Gasteiger partial charge in [-0.05, 0) is 31.6 Å². The number of nitrogens with one attached hydrogen (secondary N) is 1. The lowest BCUT2D eigenvalue weighted by atomic mass is 10.00. The quantitative estimate of drug-likeness (QED) is 0.871. The second-order valence-corrected chi connectivity index (χ2v) is 6.63. The van der Waals surface area contributed by atoms with E-state index in [2.05, 4.69) is 19.8 Å². The lowest BCUT2D eigenvalue weighted by molar-refractivity contribution is 0.159. The molecule has 22 heavy (non-hydrogen) atoms. The summed E-state index contributed by atoms with van der Waals surface area (Å²) >= 11 is 2.67. The summed E-state index contributed by atoms with van der Waals surface area (Å²) < 4.78 is 6.00. The zero-order chi connectivity index (χ0) is 15.5. The molecule has 1 aliphatic rings. The molecule has 1 fully saturated rings. The predicted molar refractivity (Wildman–Crippen MR) is 87.2 cm³/mol. The van der Waals surface area contributed by atoms with Gasteiger partial charge in [0.25, 0.3) is 0 Å². The summed E-state index contributed by atoms with van der Waals surface area (Å²) in [6.07, 6.45) is 6.79. The van der Waals surface area contributed by atoms with Crippen molar-refractivity contribution in [3.05, 3.63) is 18.0 Å². The molecular formula is C13H18N6OS2. The maximum absolute atomic E-state index is 12.6. The van der Waals surface area contributed by atoms with Crippen LogP contribution in [0.2, 0.25) is 0 Å². The van der Waals surface area contributed by atoms with Gasteiger partial charge in [-0.25, -0.2) is 4.79 Å². The fourth-order valence-corrected chi connectivity index (χ4v) is 3.82. The van der Waals surface area contributed by atoms with E-state index in [4.69, 9.17) is 0 Å². The van der Waals surface area contributed by atoms with Gasteiger partial charge in [0.15, 0.2) is 0 Å². The summed E-state index contributed by atoms with van der Waals surface area (Å²) in [6, 6.07) is 1.93. The van der Waals surface area contributed by atoms with E-state index in [1.54, 1.807) is 6.20 Å². The molecule has 1 atom stereocenters. The fourth-order valence-electron chi connectivity index (χ4n) is 2.70. The van der Waals surface area contributed by atoms with E-state index < -0.39 is 0 Å². The van der Waals surface area contributed by atoms with Crippen molar-refractivity contribution in [1.82, 2.24) is 24.0 Å². The van der Waals surface area contributed by atoms with E-state index in [-0.39, 0.29) is 12.1 Å². The van der Waals surface area contributed by atoms with Gasteiger partial charge in [0.05, 0.1) is 11.7 Å². The SMILES string of the molecule is CSc1nsc(NC(=O)N2CCCC[C@@H]2c2ccnn2C)n1. The Morgan fingerprint density at radius 1 is 1.50 bits per heavy atom. The van der Waals surface area contributed by atoms with Gasteiger partial charge in [-0.2, -0.15) is 14.5 Å². The molecule has 2 amide bonds. The number of thioether (sulfide) groups is 1. The van der Waals surface area contributed by atoms with Crippen molar-refractivity contribution in [3.8, 4) is 0 Å².